The average molecular weight is 264 g/mol. The predicted octanol–water partition coefficient (Wildman–Crippen LogP) is 1.62. The van der Waals surface area contributed by atoms with Gasteiger partial charge in [0, 0.05) is 0 Å². The van der Waals surface area contributed by atoms with Crippen molar-refractivity contribution in [1.82, 2.24) is 0 Å². The van der Waals surface area contributed by atoms with E-state index in [1.165, 1.54) is 75.6 Å². The highest BCUT2D eigenvalue weighted by atomic mass is 35.5. The van der Waals surface area contributed by atoms with Crippen LogP contribution in [0.2, 0.25) is 0 Å². The molecule has 0 N–H and O–H groups in total. The van der Waals surface area contributed by atoms with Crippen LogP contribution in [0.15, 0.2) is 0 Å². The molecule has 0 bridgehead atoms. The molecule has 0 heterocycles. The maximum atomic E-state index is 2.34. The number of nitrogens with zero attached hydrogens (tertiary/aromatic N) is 1. The summed E-state index contributed by atoms with van der Waals surface area (Å²) in [5.41, 5.74) is 0. The van der Waals surface area contributed by atoms with E-state index < -0.39 is 0 Å². The highest BCUT2D eigenvalue weighted by Crippen LogP contribution is 2.15. The lowest BCUT2D eigenvalue weighted by Gasteiger charge is -2.39. The van der Waals surface area contributed by atoms with Crippen molar-refractivity contribution in [2.24, 2.45) is 0 Å². The van der Waals surface area contributed by atoms with Crippen molar-refractivity contribution in [1.29, 1.82) is 0 Å². The Morgan fingerprint density at radius 3 is 1.12 bits per heavy atom. The van der Waals surface area contributed by atoms with Crippen molar-refractivity contribution >= 4 is 0 Å². The Labute approximate surface area is 116 Å². The Morgan fingerprint density at radius 1 is 0.529 bits per heavy atom. The molecule has 0 aliphatic rings. The maximum Gasteiger partial charge on any atom is 0.0786 e. The van der Waals surface area contributed by atoms with E-state index in [0.29, 0.717) is 0 Å². The molecule has 0 unspecified atom stereocenters. The molecule has 1 nitrogen and oxygen atoms in total. The largest absolute Gasteiger partial charge is 1.00 e. The summed E-state index contributed by atoms with van der Waals surface area (Å²) in [4.78, 5) is 0. The van der Waals surface area contributed by atoms with Gasteiger partial charge >= 0.3 is 0 Å². The molecule has 0 aliphatic heterocycles. The molecule has 0 radical (unpaired) electrons. The van der Waals surface area contributed by atoms with Gasteiger partial charge in [0.1, 0.15) is 0 Å². The fourth-order valence-electron chi connectivity index (χ4n) is 2.63. The lowest BCUT2D eigenvalue weighted by molar-refractivity contribution is -0.928. The minimum Gasteiger partial charge on any atom is -1.00 e. The van der Waals surface area contributed by atoms with Gasteiger partial charge in [-0.1, -0.05) is 47.0 Å². The van der Waals surface area contributed by atoms with Gasteiger partial charge in [-0.05, 0) is 25.7 Å². The molecule has 0 rings (SSSR count). The molecule has 0 aromatic carbocycles. The Kier molecular flexibility index (Phi) is 14.6. The Morgan fingerprint density at radius 2 is 0.882 bits per heavy atom. The van der Waals surface area contributed by atoms with Crippen LogP contribution in [0.4, 0.5) is 0 Å². The van der Waals surface area contributed by atoms with Crippen molar-refractivity contribution in [3.05, 3.63) is 0 Å². The molecule has 0 fully saturated rings. The zero-order valence-corrected chi connectivity index (χ0v) is 13.4. The lowest BCUT2D eigenvalue weighted by atomic mass is 10.1. The second kappa shape index (κ2) is 12.7. The van der Waals surface area contributed by atoms with Crippen LogP contribution in [0.5, 0.6) is 0 Å². The van der Waals surface area contributed by atoms with E-state index >= 15 is 0 Å². The van der Waals surface area contributed by atoms with E-state index in [9.17, 15) is 0 Å². The fraction of sp³-hybridized carbons (Fsp3) is 1.00. The van der Waals surface area contributed by atoms with E-state index in [1.54, 1.807) is 0 Å². The number of halogens is 1. The highest BCUT2D eigenvalue weighted by molar-refractivity contribution is 4.48. The number of unbranched alkanes of at least 4 members (excludes halogenated alkanes) is 3. The monoisotopic (exact) mass is 263 g/mol. The van der Waals surface area contributed by atoms with Gasteiger partial charge in [-0.15, -0.1) is 0 Å². The second-order valence-electron chi connectivity index (χ2n) is 5.30. The highest BCUT2D eigenvalue weighted by Gasteiger charge is 2.24. The van der Waals surface area contributed by atoms with Crippen LogP contribution in [-0.4, -0.2) is 30.7 Å². The smallest absolute Gasteiger partial charge is 0.0786 e. The van der Waals surface area contributed by atoms with E-state index in [-0.39, 0.29) is 12.4 Å². The molecule has 0 saturated carbocycles. The summed E-state index contributed by atoms with van der Waals surface area (Å²) in [6, 6.07) is 0. The molecule has 106 valence electrons. The quantitative estimate of drug-likeness (QED) is 0.497. The van der Waals surface area contributed by atoms with Gasteiger partial charge in [0.05, 0.1) is 26.2 Å². The zero-order chi connectivity index (χ0) is 12.3. The summed E-state index contributed by atoms with van der Waals surface area (Å²) in [6.45, 7) is 15.0. The Bertz CT molecular complexity index is 126. The number of rotatable bonds is 11. The zero-order valence-electron chi connectivity index (χ0n) is 12.6. The fourth-order valence-corrected chi connectivity index (χ4v) is 2.63. The van der Waals surface area contributed by atoms with Gasteiger partial charge in [-0.2, -0.15) is 0 Å². The summed E-state index contributed by atoms with van der Waals surface area (Å²) < 4.78 is 1.41. The molecule has 0 aromatic rings. The molecule has 0 aliphatic carbocycles. The van der Waals surface area contributed by atoms with Crippen molar-refractivity contribution in [2.75, 3.05) is 26.2 Å². The minimum atomic E-state index is 0. The van der Waals surface area contributed by atoms with E-state index in [0.717, 1.165) is 0 Å². The SMILES string of the molecule is CCCC[N+](CCC)(CCCC)CCCC.[Cl-]. The molecule has 0 spiro atoms. The van der Waals surface area contributed by atoms with Crippen molar-refractivity contribution < 1.29 is 16.9 Å². The minimum absolute atomic E-state index is 0. The third-order valence-electron chi connectivity index (χ3n) is 3.66. The number of hydrogen-bond donors (Lipinski definition) is 0. The molecule has 17 heavy (non-hydrogen) atoms. The lowest BCUT2D eigenvalue weighted by Crippen LogP contribution is -3.00. The third kappa shape index (κ3) is 8.90. The number of quaternary nitrogens is 1. The summed E-state index contributed by atoms with van der Waals surface area (Å²) >= 11 is 0. The normalized spacial score (nSPS) is 11.3. The maximum absolute atomic E-state index is 2.34. The van der Waals surface area contributed by atoms with Gasteiger partial charge in [0.25, 0.3) is 0 Å². The molecule has 0 saturated heterocycles. The van der Waals surface area contributed by atoms with Crippen molar-refractivity contribution in [3.63, 3.8) is 0 Å². The first-order valence-corrected chi connectivity index (χ1v) is 7.59. The summed E-state index contributed by atoms with van der Waals surface area (Å²) in [5, 5.41) is 0. The first kappa shape index (κ1) is 19.6. The van der Waals surface area contributed by atoms with Gasteiger partial charge in [0.2, 0.25) is 0 Å². The second-order valence-corrected chi connectivity index (χ2v) is 5.30. The van der Waals surface area contributed by atoms with Gasteiger partial charge < -0.3 is 16.9 Å². The molecule has 2 heteroatoms. The van der Waals surface area contributed by atoms with E-state index in [2.05, 4.69) is 27.7 Å². The molecular formula is C15H34ClN. The third-order valence-corrected chi connectivity index (χ3v) is 3.66. The Balaban J connectivity index is 0. The van der Waals surface area contributed by atoms with Crippen LogP contribution >= 0.6 is 0 Å². The van der Waals surface area contributed by atoms with Crippen LogP contribution < -0.4 is 12.4 Å². The van der Waals surface area contributed by atoms with Gasteiger partial charge in [0.15, 0.2) is 0 Å². The molecule has 0 amide bonds. The van der Waals surface area contributed by atoms with Gasteiger partial charge in [-0.3, -0.25) is 0 Å². The van der Waals surface area contributed by atoms with Crippen LogP contribution in [0.1, 0.15) is 72.6 Å². The summed E-state index contributed by atoms with van der Waals surface area (Å²) in [7, 11) is 0. The van der Waals surface area contributed by atoms with E-state index in [4.69, 9.17) is 0 Å². The summed E-state index contributed by atoms with van der Waals surface area (Å²) in [6.07, 6.45) is 9.62. The van der Waals surface area contributed by atoms with Gasteiger partial charge in [-0.25, -0.2) is 0 Å². The first-order valence-electron chi connectivity index (χ1n) is 7.59. The molecule has 0 atom stereocenters. The molecular weight excluding hydrogens is 230 g/mol. The average Bonchev–Trinajstić information content (AvgIpc) is 2.31. The summed E-state index contributed by atoms with van der Waals surface area (Å²) in [5.74, 6) is 0. The van der Waals surface area contributed by atoms with E-state index in [1.807, 2.05) is 0 Å². The Hall–Kier alpha value is 0.250. The first-order chi connectivity index (χ1) is 7.74. The van der Waals surface area contributed by atoms with Crippen LogP contribution in [0.3, 0.4) is 0 Å². The molecule has 0 aromatic heterocycles. The topological polar surface area (TPSA) is 0 Å². The predicted molar refractivity (Wildman–Crippen MR) is 74.7 cm³/mol. The van der Waals surface area contributed by atoms with Crippen LogP contribution in [0.25, 0.3) is 0 Å². The number of hydrogen-bond acceptors (Lipinski definition) is 0. The van der Waals surface area contributed by atoms with Crippen LogP contribution in [0, 0.1) is 0 Å². The van der Waals surface area contributed by atoms with Crippen molar-refractivity contribution in [3.8, 4) is 0 Å². The van der Waals surface area contributed by atoms with Crippen LogP contribution in [-0.2, 0) is 0 Å². The standard InChI is InChI=1S/C15H34N.ClH/c1-5-9-13-16(12-8-4,14-10-6-2)15-11-7-3;/h5-15H2,1-4H3;1H/q+1;/p-1. The van der Waals surface area contributed by atoms with Crippen molar-refractivity contribution in [2.45, 2.75) is 72.6 Å².